The van der Waals surface area contributed by atoms with E-state index in [0.29, 0.717) is 0 Å². The molecule has 0 spiro atoms. The molecule has 132 valence electrons. The Kier molecular flexibility index (Phi) is 5.21. The maximum atomic E-state index is 6.29. The van der Waals surface area contributed by atoms with Gasteiger partial charge in [0.15, 0.2) is 0 Å². The van der Waals surface area contributed by atoms with Crippen molar-refractivity contribution in [3.63, 3.8) is 0 Å². The Morgan fingerprint density at radius 2 is 1.73 bits per heavy atom. The molecule has 0 saturated heterocycles. The average molecular weight is 361 g/mol. The van der Waals surface area contributed by atoms with Crippen LogP contribution in [0.4, 0.5) is 0 Å². The summed E-state index contributed by atoms with van der Waals surface area (Å²) < 4.78 is 7.61. The molecule has 3 aromatic rings. The number of aryl methyl sites for hydroxylation is 1. The van der Waals surface area contributed by atoms with Gasteiger partial charge in [0.1, 0.15) is 11.5 Å². The summed E-state index contributed by atoms with van der Waals surface area (Å²) in [5.74, 6) is 2.39. The van der Waals surface area contributed by atoms with Crippen LogP contribution in [0.25, 0.3) is 21.4 Å². The van der Waals surface area contributed by atoms with Crippen molar-refractivity contribution in [3.05, 3.63) is 83.5 Å². The highest BCUT2D eigenvalue weighted by Gasteiger charge is 2.21. The summed E-state index contributed by atoms with van der Waals surface area (Å²) in [6.07, 6.45) is 17.7. The van der Waals surface area contributed by atoms with E-state index in [1.54, 1.807) is 0 Å². The lowest BCUT2D eigenvalue weighted by Gasteiger charge is -2.08. The van der Waals surface area contributed by atoms with E-state index in [-0.39, 0.29) is 5.92 Å². The van der Waals surface area contributed by atoms with Crippen molar-refractivity contribution in [2.45, 2.75) is 38.5 Å². The highest BCUT2D eigenvalue weighted by molar-refractivity contribution is 7.19. The summed E-state index contributed by atoms with van der Waals surface area (Å²) in [5.41, 5.74) is 1.26. The quantitative estimate of drug-likeness (QED) is 0.411. The fourth-order valence-corrected chi connectivity index (χ4v) is 4.75. The summed E-state index contributed by atoms with van der Waals surface area (Å²) in [4.78, 5) is 1.36. The minimum absolute atomic E-state index is 0.283. The largest absolute Gasteiger partial charge is 0.461 e. The number of thiophene rings is 1. The monoisotopic (exact) mass is 360 g/mol. The summed E-state index contributed by atoms with van der Waals surface area (Å²) >= 11 is 1.87. The van der Waals surface area contributed by atoms with Gasteiger partial charge < -0.3 is 4.42 Å². The average Bonchev–Trinajstić information content (AvgIpc) is 3.17. The van der Waals surface area contributed by atoms with Gasteiger partial charge in [-0.3, -0.25) is 0 Å². The number of hydrogen-bond acceptors (Lipinski definition) is 2. The molecule has 0 fully saturated rings. The zero-order valence-corrected chi connectivity index (χ0v) is 16.0. The van der Waals surface area contributed by atoms with Gasteiger partial charge in [-0.1, -0.05) is 74.4 Å². The second-order valence-corrected chi connectivity index (χ2v) is 7.82. The van der Waals surface area contributed by atoms with E-state index in [0.717, 1.165) is 17.9 Å². The number of hydrogen-bond donors (Lipinski definition) is 0. The predicted molar refractivity (Wildman–Crippen MR) is 113 cm³/mol. The molecule has 0 saturated carbocycles. The molecule has 2 heterocycles. The highest BCUT2D eigenvalue weighted by Crippen LogP contribution is 2.44. The molecule has 1 aliphatic carbocycles. The molecule has 4 rings (SSSR count). The molecular weight excluding hydrogens is 336 g/mol. The Morgan fingerprint density at radius 1 is 0.923 bits per heavy atom. The van der Waals surface area contributed by atoms with Crippen LogP contribution in [-0.2, 0) is 6.42 Å². The van der Waals surface area contributed by atoms with Crippen LogP contribution in [0, 0.1) is 0 Å². The smallest absolute Gasteiger partial charge is 0.136 e. The summed E-state index contributed by atoms with van der Waals surface area (Å²) in [7, 11) is 0. The second kappa shape index (κ2) is 7.92. The van der Waals surface area contributed by atoms with Crippen molar-refractivity contribution in [1.82, 2.24) is 0 Å². The first-order valence-corrected chi connectivity index (χ1v) is 10.3. The standard InChI is InChI=1S/C24H24OS/c1-2-3-6-13-19-16-17-21(25-19)23-20-14-9-10-15-22(20)26-24(23)18-11-7-4-5-8-12-18/h4-5,7-12,14-18H,2-3,6,13H2,1H3. The molecule has 0 atom stereocenters. The van der Waals surface area contributed by atoms with E-state index in [1.165, 1.54) is 39.8 Å². The first-order valence-electron chi connectivity index (χ1n) is 9.49. The molecule has 0 unspecified atom stereocenters. The Bertz CT molecular complexity index is 951. The van der Waals surface area contributed by atoms with Gasteiger partial charge in [-0.2, -0.15) is 0 Å². The number of fused-ring (bicyclic) bond motifs is 1. The molecule has 0 radical (unpaired) electrons. The SMILES string of the molecule is CCCCCc1ccc(-c2c(C3C=CC=CC=C3)sc3ccccc23)o1. The van der Waals surface area contributed by atoms with E-state index in [9.17, 15) is 0 Å². The molecule has 1 nitrogen and oxygen atoms in total. The zero-order valence-electron chi connectivity index (χ0n) is 15.2. The molecule has 26 heavy (non-hydrogen) atoms. The van der Waals surface area contributed by atoms with E-state index in [1.807, 2.05) is 11.3 Å². The van der Waals surface area contributed by atoms with E-state index >= 15 is 0 Å². The Balaban J connectivity index is 1.77. The molecule has 1 aromatic carbocycles. The molecular formula is C24H24OS. The molecule has 0 amide bonds. The van der Waals surface area contributed by atoms with Gasteiger partial charge in [-0.25, -0.2) is 0 Å². The van der Waals surface area contributed by atoms with Crippen molar-refractivity contribution in [2.24, 2.45) is 0 Å². The number of furan rings is 1. The van der Waals surface area contributed by atoms with Crippen molar-refractivity contribution in [3.8, 4) is 11.3 Å². The minimum atomic E-state index is 0.283. The third-order valence-electron chi connectivity index (χ3n) is 4.83. The van der Waals surface area contributed by atoms with Crippen molar-refractivity contribution >= 4 is 21.4 Å². The summed E-state index contributed by atoms with van der Waals surface area (Å²) in [6.45, 7) is 2.24. The van der Waals surface area contributed by atoms with Crippen LogP contribution in [-0.4, -0.2) is 0 Å². The van der Waals surface area contributed by atoms with Crippen LogP contribution in [0.5, 0.6) is 0 Å². The van der Waals surface area contributed by atoms with Gasteiger partial charge in [-0.15, -0.1) is 11.3 Å². The van der Waals surface area contributed by atoms with E-state index < -0.39 is 0 Å². The van der Waals surface area contributed by atoms with Crippen molar-refractivity contribution in [1.29, 1.82) is 0 Å². The molecule has 2 aromatic heterocycles. The summed E-state index contributed by atoms with van der Waals surface area (Å²) in [5, 5.41) is 1.29. The van der Waals surface area contributed by atoms with Crippen LogP contribution in [0.2, 0.25) is 0 Å². The van der Waals surface area contributed by atoms with E-state index in [2.05, 4.69) is 79.8 Å². The highest BCUT2D eigenvalue weighted by atomic mass is 32.1. The van der Waals surface area contributed by atoms with Crippen molar-refractivity contribution < 1.29 is 4.42 Å². The van der Waals surface area contributed by atoms with Gasteiger partial charge in [-0.05, 0) is 24.6 Å². The molecule has 1 aliphatic rings. The zero-order chi connectivity index (χ0) is 17.8. The van der Waals surface area contributed by atoms with Crippen LogP contribution >= 0.6 is 11.3 Å². The maximum absolute atomic E-state index is 6.29. The maximum Gasteiger partial charge on any atom is 0.136 e. The van der Waals surface area contributed by atoms with Crippen molar-refractivity contribution in [2.75, 3.05) is 0 Å². The number of unbranched alkanes of at least 4 members (excludes halogenated alkanes) is 2. The Morgan fingerprint density at radius 3 is 2.54 bits per heavy atom. The first-order chi connectivity index (χ1) is 12.9. The van der Waals surface area contributed by atoms with Crippen LogP contribution in [0.3, 0.4) is 0 Å². The number of allylic oxidation sites excluding steroid dienone is 6. The molecule has 0 bridgehead atoms. The van der Waals surface area contributed by atoms with Crippen LogP contribution in [0.15, 0.2) is 77.3 Å². The van der Waals surface area contributed by atoms with Crippen LogP contribution < -0.4 is 0 Å². The molecule has 0 aliphatic heterocycles. The van der Waals surface area contributed by atoms with Crippen LogP contribution in [0.1, 0.15) is 42.7 Å². The van der Waals surface area contributed by atoms with Gasteiger partial charge in [0.25, 0.3) is 0 Å². The predicted octanol–water partition coefficient (Wildman–Crippen LogP) is 7.66. The number of rotatable bonds is 6. The minimum Gasteiger partial charge on any atom is -0.461 e. The van der Waals surface area contributed by atoms with Gasteiger partial charge >= 0.3 is 0 Å². The third kappa shape index (κ3) is 3.47. The fourth-order valence-electron chi connectivity index (χ4n) is 3.48. The summed E-state index contributed by atoms with van der Waals surface area (Å²) in [6, 6.07) is 13.0. The Labute approximate surface area is 159 Å². The number of benzene rings is 1. The lowest BCUT2D eigenvalue weighted by molar-refractivity contribution is 0.508. The van der Waals surface area contributed by atoms with Gasteiger partial charge in [0, 0.05) is 32.9 Å². The lowest BCUT2D eigenvalue weighted by atomic mass is 9.99. The van der Waals surface area contributed by atoms with Gasteiger partial charge in [0.05, 0.1) is 0 Å². The molecule has 2 heteroatoms. The molecule has 0 N–H and O–H groups in total. The third-order valence-corrected chi connectivity index (χ3v) is 6.10. The van der Waals surface area contributed by atoms with Gasteiger partial charge in [0.2, 0.25) is 0 Å². The lowest BCUT2D eigenvalue weighted by Crippen LogP contribution is -1.89. The first kappa shape index (κ1) is 17.1. The normalized spacial score (nSPS) is 14.3. The second-order valence-electron chi connectivity index (χ2n) is 6.74. The topological polar surface area (TPSA) is 13.1 Å². The van der Waals surface area contributed by atoms with E-state index in [4.69, 9.17) is 4.42 Å². The fraction of sp³-hybridized carbons (Fsp3) is 0.250. The Hall–Kier alpha value is -2.32.